The van der Waals surface area contributed by atoms with Gasteiger partial charge in [-0.2, -0.15) is 0 Å². The van der Waals surface area contributed by atoms with Gasteiger partial charge in [-0.15, -0.1) is 0 Å². The van der Waals surface area contributed by atoms with Gasteiger partial charge in [-0.05, 0) is 0 Å². The molecule has 220 valence electrons. The third-order valence-electron chi connectivity index (χ3n) is 7.34. The van der Waals surface area contributed by atoms with E-state index in [4.69, 9.17) is 31.6 Å². The lowest BCUT2D eigenvalue weighted by Gasteiger charge is -2.18. The molecule has 7 aromatic rings. The van der Waals surface area contributed by atoms with Crippen molar-refractivity contribution in [2.75, 3.05) is 0 Å². The van der Waals surface area contributed by atoms with Gasteiger partial charge < -0.3 is 27.4 Å². The van der Waals surface area contributed by atoms with E-state index in [0.717, 1.165) is 0 Å². The zero-order chi connectivity index (χ0) is 31.2. The molecule has 44 heavy (non-hydrogen) atoms. The average molecular weight is 669 g/mol. The molecule has 6 aromatic carbocycles. The normalized spacial score (nSPS) is 13.4. The number of fused-ring (bicyclic) bond motifs is 8. The maximum absolute atomic E-state index is 13.8. The summed E-state index contributed by atoms with van der Waals surface area (Å²) in [5, 5.41) is -2.63. The monoisotopic (exact) mass is 668 g/mol. The minimum absolute atomic E-state index is 0.00370. The Balaban J connectivity index is 1.83. The molecule has 0 aliphatic rings. The third kappa shape index (κ3) is 3.89. The van der Waals surface area contributed by atoms with Crippen LogP contribution in [0.4, 0.5) is 0 Å². The predicted molar refractivity (Wildman–Crippen MR) is 166 cm³/mol. The van der Waals surface area contributed by atoms with Gasteiger partial charge in [0.2, 0.25) is 0 Å². The quantitative estimate of drug-likeness (QED) is 0.158. The van der Waals surface area contributed by atoms with Crippen LogP contribution in [0.5, 0.6) is 11.5 Å². The maximum Gasteiger partial charge on any atom is 0.198 e. The van der Waals surface area contributed by atoms with Crippen LogP contribution in [0, 0.1) is 0 Å². The number of hydrogen-bond acceptors (Lipinski definition) is 10. The van der Waals surface area contributed by atoms with Crippen LogP contribution in [0.3, 0.4) is 0 Å². The number of benzene rings is 6. The van der Waals surface area contributed by atoms with E-state index in [1.54, 1.807) is 0 Å². The fraction of sp³-hybridized carbons (Fsp3) is 0. The lowest BCUT2D eigenvalue weighted by atomic mass is 9.98. The maximum atomic E-state index is 13.8. The van der Waals surface area contributed by atoms with E-state index < -0.39 is 76.8 Å². The van der Waals surface area contributed by atoms with Crippen molar-refractivity contribution in [2.24, 2.45) is 0 Å². The van der Waals surface area contributed by atoms with Crippen molar-refractivity contribution >= 4 is 111 Å². The highest BCUT2D eigenvalue weighted by atomic mass is 35.5. The highest BCUT2D eigenvalue weighted by Crippen LogP contribution is 2.43. The SMILES string of the molecule is O=c1c2ccccc2c(=O)c2c1c(OS(=O)[O-])c(Cl)c1[nH]c3c([nH]c12)c(Cl)c(OS(=O)[O-])c1c(=O)c2ccccc2c(=O)c13. The van der Waals surface area contributed by atoms with Crippen LogP contribution in [0.25, 0.3) is 65.2 Å². The Morgan fingerprint density at radius 3 is 1.11 bits per heavy atom. The zero-order valence-corrected chi connectivity index (χ0v) is 24.4. The lowest BCUT2D eigenvalue weighted by molar-refractivity contribution is 0.441. The Hall–Kier alpha value is -4.44. The molecular formula is C28H10Cl2N2O10S2-2. The summed E-state index contributed by atoms with van der Waals surface area (Å²) in [4.78, 5) is 60.7. The minimum Gasteiger partial charge on any atom is -0.740 e. The standard InChI is InChI=1S/C28H12Cl2N2O10S2/c29-17-21-19(13-15(27(17)41-43(37)38)25(35)11-7-3-1-5-9(11)23(13)33)31-22-18(30)28(42-44(39)40)16-14(20(22)32-21)24(34)10-6-2-4-8-12(10)26(16)36/h1-8,31-32H,(H,37,38)(H,39,40)/p-2. The fourth-order valence-corrected chi connectivity index (χ4v) is 6.85. The first-order valence-electron chi connectivity index (χ1n) is 12.3. The number of H-pyrrole nitrogens is 2. The summed E-state index contributed by atoms with van der Waals surface area (Å²) in [5.74, 6) is -1.32. The van der Waals surface area contributed by atoms with Crippen molar-refractivity contribution in [3.63, 3.8) is 0 Å². The smallest absolute Gasteiger partial charge is 0.198 e. The summed E-state index contributed by atoms with van der Waals surface area (Å²) in [6.07, 6.45) is 0. The van der Waals surface area contributed by atoms with Crippen molar-refractivity contribution < 1.29 is 25.9 Å². The molecule has 2 unspecified atom stereocenters. The molecule has 7 rings (SSSR count). The molecule has 0 amide bonds. The van der Waals surface area contributed by atoms with Gasteiger partial charge in [0.25, 0.3) is 0 Å². The number of aromatic amines is 2. The topological polar surface area (TPSA) is 199 Å². The van der Waals surface area contributed by atoms with Crippen LogP contribution in [0.15, 0.2) is 67.7 Å². The van der Waals surface area contributed by atoms with Crippen molar-refractivity contribution in [2.45, 2.75) is 0 Å². The Morgan fingerprint density at radius 2 is 0.818 bits per heavy atom. The summed E-state index contributed by atoms with van der Waals surface area (Å²) in [6.45, 7) is 0. The predicted octanol–water partition coefficient (Wildman–Crippen LogP) is 3.79. The van der Waals surface area contributed by atoms with E-state index in [-0.39, 0.29) is 54.4 Å². The molecular weight excluding hydrogens is 659 g/mol. The molecule has 0 fully saturated rings. The van der Waals surface area contributed by atoms with E-state index in [0.29, 0.717) is 0 Å². The van der Waals surface area contributed by atoms with Gasteiger partial charge in [0, 0.05) is 21.5 Å². The average Bonchev–Trinajstić information content (AvgIpc) is 3.00. The molecule has 0 saturated carbocycles. The van der Waals surface area contributed by atoms with Crippen LogP contribution in [0.2, 0.25) is 10.0 Å². The number of nitrogens with one attached hydrogen (secondary N) is 2. The molecule has 0 bridgehead atoms. The summed E-state index contributed by atoms with van der Waals surface area (Å²) in [6, 6.07) is 11.6. The molecule has 0 aliphatic carbocycles. The Morgan fingerprint density at radius 1 is 0.523 bits per heavy atom. The highest BCUT2D eigenvalue weighted by molar-refractivity contribution is 7.74. The van der Waals surface area contributed by atoms with E-state index in [2.05, 4.69) is 9.97 Å². The first kappa shape index (κ1) is 28.3. The van der Waals surface area contributed by atoms with Crippen molar-refractivity contribution in [1.29, 1.82) is 0 Å². The molecule has 1 aromatic heterocycles. The van der Waals surface area contributed by atoms with Crippen molar-refractivity contribution in [3.05, 3.63) is 99.5 Å². The van der Waals surface area contributed by atoms with Gasteiger partial charge in [0.05, 0.1) is 43.6 Å². The second-order valence-corrected chi connectivity index (χ2v) is 11.4. The van der Waals surface area contributed by atoms with Gasteiger partial charge in [-0.3, -0.25) is 19.2 Å². The lowest BCUT2D eigenvalue weighted by Crippen LogP contribution is -2.17. The Bertz CT molecular complexity index is 2560. The molecule has 0 spiro atoms. The molecule has 12 nitrogen and oxygen atoms in total. The number of aromatic nitrogens is 2. The second-order valence-electron chi connectivity index (χ2n) is 9.52. The first-order valence-corrected chi connectivity index (χ1v) is 15.0. The molecule has 2 atom stereocenters. The van der Waals surface area contributed by atoms with Crippen LogP contribution in [-0.4, -0.2) is 27.5 Å². The van der Waals surface area contributed by atoms with Gasteiger partial charge in [0.1, 0.15) is 32.8 Å². The summed E-state index contributed by atoms with van der Waals surface area (Å²) in [7, 11) is 0. The van der Waals surface area contributed by atoms with Crippen LogP contribution in [-0.2, 0) is 22.7 Å². The Labute approximate surface area is 257 Å². The summed E-state index contributed by atoms with van der Waals surface area (Å²) < 4.78 is 56.6. The summed E-state index contributed by atoms with van der Waals surface area (Å²) >= 11 is 6.76. The number of hydrogen-bond donors (Lipinski definition) is 2. The van der Waals surface area contributed by atoms with Crippen LogP contribution < -0.4 is 30.1 Å². The van der Waals surface area contributed by atoms with E-state index in [1.807, 2.05) is 0 Å². The van der Waals surface area contributed by atoms with Crippen molar-refractivity contribution in [1.82, 2.24) is 9.97 Å². The number of rotatable bonds is 4. The van der Waals surface area contributed by atoms with Crippen LogP contribution >= 0.6 is 23.2 Å². The largest absolute Gasteiger partial charge is 0.740 e. The van der Waals surface area contributed by atoms with Gasteiger partial charge in [-0.25, -0.2) is 8.42 Å². The summed E-state index contributed by atoms with van der Waals surface area (Å²) in [5.41, 5.74) is -3.70. The highest BCUT2D eigenvalue weighted by Gasteiger charge is 2.27. The van der Waals surface area contributed by atoms with Crippen molar-refractivity contribution in [3.8, 4) is 11.5 Å². The van der Waals surface area contributed by atoms with Crippen LogP contribution in [0.1, 0.15) is 0 Å². The fourth-order valence-electron chi connectivity index (χ4n) is 5.60. The van der Waals surface area contributed by atoms with Gasteiger partial charge >= 0.3 is 0 Å². The molecule has 16 heteroatoms. The van der Waals surface area contributed by atoms with Gasteiger partial charge in [-0.1, -0.05) is 71.7 Å². The van der Waals surface area contributed by atoms with E-state index in [9.17, 15) is 36.7 Å². The van der Waals surface area contributed by atoms with E-state index >= 15 is 0 Å². The molecule has 0 saturated heterocycles. The minimum atomic E-state index is -3.25. The third-order valence-corrected chi connectivity index (χ3v) is 8.66. The Kier molecular flexibility index (Phi) is 6.47. The molecule has 1 heterocycles. The molecule has 2 N–H and O–H groups in total. The number of halogens is 2. The zero-order valence-electron chi connectivity index (χ0n) is 21.3. The molecule has 0 aliphatic heterocycles. The van der Waals surface area contributed by atoms with Gasteiger partial charge in [0.15, 0.2) is 33.2 Å². The second kappa shape index (κ2) is 10.1. The molecule has 0 radical (unpaired) electrons. The first-order chi connectivity index (χ1) is 21.0. The van der Waals surface area contributed by atoms with E-state index in [1.165, 1.54) is 48.5 Å².